The van der Waals surface area contributed by atoms with Crippen LogP contribution >= 0.6 is 0 Å². The number of carbonyl (C=O) groups excluding carboxylic acids is 1. The molecule has 1 aromatic rings. The number of hydrogen-bond donors (Lipinski definition) is 2. The van der Waals surface area contributed by atoms with E-state index in [-0.39, 0.29) is 5.78 Å². The molecular formula is C13H20N2O2. The number of nitrogens with zero attached hydrogens (tertiary/aromatic N) is 1. The lowest BCUT2D eigenvalue weighted by molar-refractivity contribution is 0.101. The van der Waals surface area contributed by atoms with Gasteiger partial charge in [0.2, 0.25) is 0 Å². The zero-order valence-corrected chi connectivity index (χ0v) is 10.6. The molecule has 17 heavy (non-hydrogen) atoms. The average Bonchev–Trinajstić information content (AvgIpc) is 2.37. The molecule has 4 heteroatoms. The Hall–Kier alpha value is -1.68. The van der Waals surface area contributed by atoms with Crippen LogP contribution in [-0.2, 0) is 0 Å². The van der Waals surface area contributed by atoms with E-state index in [0.29, 0.717) is 11.3 Å². The van der Waals surface area contributed by atoms with Gasteiger partial charge < -0.3 is 0 Å². The molecule has 2 N–H and O–H groups in total. The fraction of sp³-hybridized carbons (Fsp3) is 0.385. The summed E-state index contributed by atoms with van der Waals surface area (Å²) in [5, 5.41) is 8.24. The van der Waals surface area contributed by atoms with Gasteiger partial charge in [0.05, 0.1) is 5.69 Å². The zero-order valence-electron chi connectivity index (χ0n) is 10.6. The summed E-state index contributed by atoms with van der Waals surface area (Å²) in [4.78, 5) is 14.8. The molecule has 0 heterocycles. The number of nitrogens with one attached hydrogen (secondary N) is 1. The molecule has 0 aliphatic rings. The van der Waals surface area contributed by atoms with E-state index in [2.05, 4.69) is 18.8 Å². The van der Waals surface area contributed by atoms with Crippen molar-refractivity contribution in [3.05, 3.63) is 29.8 Å². The Labute approximate surface area is 102 Å². The van der Waals surface area contributed by atoms with Crippen molar-refractivity contribution in [2.75, 3.05) is 0 Å². The quantitative estimate of drug-likeness (QED) is 0.365. The van der Waals surface area contributed by atoms with Crippen LogP contribution in [0.5, 0.6) is 0 Å². The van der Waals surface area contributed by atoms with E-state index < -0.39 is 0 Å². The van der Waals surface area contributed by atoms with E-state index >= 15 is 0 Å². The molecule has 1 rings (SSSR count). The molecule has 0 aliphatic carbocycles. The summed E-state index contributed by atoms with van der Waals surface area (Å²) >= 11 is 0. The van der Waals surface area contributed by atoms with Crippen molar-refractivity contribution in [1.82, 2.24) is 5.48 Å². The number of aliphatic imine (C=N–C) groups is 1. The number of ketones is 1. The van der Waals surface area contributed by atoms with Crippen LogP contribution in [0.25, 0.3) is 0 Å². The summed E-state index contributed by atoms with van der Waals surface area (Å²) in [7, 11) is 0. The molecule has 0 fully saturated rings. The second-order valence-corrected chi connectivity index (χ2v) is 3.49. The number of Topliss-reactive ketones (excluding diaryl/α,β-unsaturated/α-hetero) is 1. The predicted molar refractivity (Wildman–Crippen MR) is 70.1 cm³/mol. The van der Waals surface area contributed by atoms with Crippen LogP contribution in [0.15, 0.2) is 29.3 Å². The smallest absolute Gasteiger partial charge is 0.159 e. The first-order valence-corrected chi connectivity index (χ1v) is 5.68. The van der Waals surface area contributed by atoms with E-state index in [0.717, 1.165) is 6.34 Å². The lowest BCUT2D eigenvalue weighted by Gasteiger charge is -1.96. The van der Waals surface area contributed by atoms with Crippen LogP contribution in [-0.4, -0.2) is 17.3 Å². The predicted octanol–water partition coefficient (Wildman–Crippen LogP) is 3.33. The Morgan fingerprint density at radius 3 is 2.53 bits per heavy atom. The van der Waals surface area contributed by atoms with Gasteiger partial charge in [0, 0.05) is 5.56 Å². The highest BCUT2D eigenvalue weighted by Crippen LogP contribution is 2.13. The second kappa shape index (κ2) is 9.54. The number of hydroxylamine groups is 1. The normalized spacial score (nSPS) is 9.65. The lowest BCUT2D eigenvalue weighted by Crippen LogP contribution is -2.01. The van der Waals surface area contributed by atoms with Gasteiger partial charge in [0.1, 0.15) is 6.34 Å². The highest BCUT2D eigenvalue weighted by Gasteiger charge is 1.98. The molecule has 0 saturated heterocycles. The van der Waals surface area contributed by atoms with Crippen LogP contribution in [0, 0.1) is 0 Å². The first kappa shape index (κ1) is 15.3. The molecule has 94 valence electrons. The standard InChI is InChI=1S/C9H10N2O2.C4H10/c1-7(12)8-3-2-4-9(5-8)10-6-11-13;1-3-4-2/h2-6,13H,1H3,(H,10,11);3-4H2,1-2H3. The molecule has 0 aliphatic heterocycles. The maximum atomic E-state index is 11.0. The van der Waals surface area contributed by atoms with Gasteiger partial charge in [-0.1, -0.05) is 38.8 Å². The van der Waals surface area contributed by atoms with Gasteiger partial charge in [-0.3, -0.25) is 15.5 Å². The van der Waals surface area contributed by atoms with Crippen LogP contribution in [0.3, 0.4) is 0 Å². The third-order valence-electron chi connectivity index (χ3n) is 2.02. The summed E-state index contributed by atoms with van der Waals surface area (Å²) in [6, 6.07) is 6.84. The van der Waals surface area contributed by atoms with Crippen LogP contribution < -0.4 is 5.48 Å². The van der Waals surface area contributed by atoms with Gasteiger partial charge in [-0.25, -0.2) is 4.99 Å². The van der Waals surface area contributed by atoms with Crippen molar-refractivity contribution >= 4 is 17.8 Å². The summed E-state index contributed by atoms with van der Waals surface area (Å²) in [5.74, 6) is -0.00555. The fourth-order valence-electron chi connectivity index (χ4n) is 0.909. The molecule has 0 aromatic heterocycles. The summed E-state index contributed by atoms with van der Waals surface area (Å²) in [6.07, 6.45) is 3.78. The Balaban J connectivity index is 0.000000557. The molecule has 0 radical (unpaired) electrons. The van der Waals surface area contributed by atoms with Crippen molar-refractivity contribution in [3.8, 4) is 0 Å². The summed E-state index contributed by atoms with van der Waals surface area (Å²) in [5.41, 5.74) is 3.01. The van der Waals surface area contributed by atoms with Crippen molar-refractivity contribution in [2.24, 2.45) is 4.99 Å². The molecule has 0 bridgehead atoms. The average molecular weight is 236 g/mol. The minimum Gasteiger partial charge on any atom is -0.295 e. The van der Waals surface area contributed by atoms with Crippen LogP contribution in [0.4, 0.5) is 5.69 Å². The molecule has 0 spiro atoms. The highest BCUT2D eigenvalue weighted by atomic mass is 16.5. The Kier molecular flexibility index (Phi) is 8.60. The molecule has 1 aromatic carbocycles. The fourth-order valence-corrected chi connectivity index (χ4v) is 0.909. The van der Waals surface area contributed by atoms with Crippen LogP contribution in [0.1, 0.15) is 44.0 Å². The van der Waals surface area contributed by atoms with Gasteiger partial charge in [0.15, 0.2) is 5.78 Å². The monoisotopic (exact) mass is 236 g/mol. The molecule has 0 saturated carbocycles. The molecule has 0 atom stereocenters. The summed E-state index contributed by atoms with van der Waals surface area (Å²) in [6.45, 7) is 5.85. The minimum absolute atomic E-state index is 0.00555. The van der Waals surface area contributed by atoms with E-state index in [1.807, 2.05) is 0 Å². The second-order valence-electron chi connectivity index (χ2n) is 3.49. The summed E-state index contributed by atoms with van der Waals surface area (Å²) < 4.78 is 0. The lowest BCUT2D eigenvalue weighted by atomic mass is 10.1. The van der Waals surface area contributed by atoms with E-state index in [1.54, 1.807) is 29.7 Å². The van der Waals surface area contributed by atoms with Crippen LogP contribution in [0.2, 0.25) is 0 Å². The number of carbonyl (C=O) groups is 1. The minimum atomic E-state index is -0.00555. The third-order valence-corrected chi connectivity index (χ3v) is 2.02. The third kappa shape index (κ3) is 7.25. The number of benzene rings is 1. The first-order chi connectivity index (χ1) is 8.15. The molecule has 0 amide bonds. The number of unbranched alkanes of at least 4 members (excludes halogenated alkanes) is 1. The Bertz CT molecular complexity index is 360. The van der Waals surface area contributed by atoms with Gasteiger partial charge in [-0.2, -0.15) is 0 Å². The van der Waals surface area contributed by atoms with Gasteiger partial charge in [-0.15, -0.1) is 0 Å². The highest BCUT2D eigenvalue weighted by molar-refractivity contribution is 5.94. The number of rotatable bonds is 4. The Morgan fingerprint density at radius 1 is 1.41 bits per heavy atom. The Morgan fingerprint density at radius 2 is 2.06 bits per heavy atom. The van der Waals surface area contributed by atoms with Crippen molar-refractivity contribution in [3.63, 3.8) is 0 Å². The van der Waals surface area contributed by atoms with E-state index in [9.17, 15) is 4.79 Å². The molecular weight excluding hydrogens is 216 g/mol. The van der Waals surface area contributed by atoms with Gasteiger partial charge in [0.25, 0.3) is 0 Å². The maximum Gasteiger partial charge on any atom is 0.159 e. The molecule has 0 unspecified atom stereocenters. The van der Waals surface area contributed by atoms with Gasteiger partial charge in [-0.05, 0) is 19.1 Å². The van der Waals surface area contributed by atoms with Gasteiger partial charge >= 0.3 is 0 Å². The van der Waals surface area contributed by atoms with Crippen molar-refractivity contribution in [1.29, 1.82) is 0 Å². The maximum absolute atomic E-state index is 11.0. The number of hydrogen-bond acceptors (Lipinski definition) is 3. The van der Waals surface area contributed by atoms with Crippen molar-refractivity contribution in [2.45, 2.75) is 33.6 Å². The van der Waals surface area contributed by atoms with Crippen molar-refractivity contribution < 1.29 is 10.0 Å². The SMILES string of the molecule is CC(=O)c1cccc(N=CNO)c1.CCCC. The zero-order chi connectivity index (χ0) is 13.1. The topological polar surface area (TPSA) is 61.7 Å². The van der Waals surface area contributed by atoms with E-state index in [4.69, 9.17) is 5.21 Å². The van der Waals surface area contributed by atoms with E-state index in [1.165, 1.54) is 19.8 Å². The largest absolute Gasteiger partial charge is 0.295 e. The first-order valence-electron chi connectivity index (χ1n) is 5.68. The molecule has 4 nitrogen and oxygen atoms in total.